The molecule has 0 radical (unpaired) electrons. The number of carbonyl (C=O) groups excluding carboxylic acids is 1. The van der Waals surface area contributed by atoms with Crippen LogP contribution in [-0.4, -0.2) is 30.2 Å². The van der Waals surface area contributed by atoms with Crippen LogP contribution in [-0.2, 0) is 16.6 Å². The Labute approximate surface area is 201 Å². The van der Waals surface area contributed by atoms with E-state index in [1.54, 1.807) is 13.0 Å². The van der Waals surface area contributed by atoms with Gasteiger partial charge in [0.1, 0.15) is 0 Å². The third kappa shape index (κ3) is 4.94. The molecule has 170 valence electrons. The Balaban J connectivity index is 1.52. The van der Waals surface area contributed by atoms with Gasteiger partial charge in [-0.2, -0.15) is 4.31 Å². The van der Waals surface area contributed by atoms with Crippen LogP contribution in [0.2, 0.25) is 5.02 Å². The van der Waals surface area contributed by atoms with Crippen molar-refractivity contribution in [1.29, 1.82) is 0 Å². The van der Waals surface area contributed by atoms with Gasteiger partial charge in [-0.3, -0.25) is 10.1 Å². The number of fused-ring (bicyclic) bond motifs is 1. The van der Waals surface area contributed by atoms with Gasteiger partial charge in [0.2, 0.25) is 10.0 Å². The number of rotatable bonds is 7. The number of hydrogen-bond donors (Lipinski definition) is 1. The number of halogens is 1. The number of thiazole rings is 1. The van der Waals surface area contributed by atoms with E-state index >= 15 is 0 Å². The number of benzene rings is 3. The summed E-state index contributed by atoms with van der Waals surface area (Å²) in [4.78, 5) is 17.3. The number of amides is 1. The molecular formula is C24H22ClN3O3S2. The summed E-state index contributed by atoms with van der Waals surface area (Å²) < 4.78 is 28.4. The number of nitrogens with one attached hydrogen (secondary N) is 1. The first-order valence-corrected chi connectivity index (χ1v) is 12.9. The SMILES string of the molecule is CCN(Cc1ccccc1)S(=O)(=O)c1ccc(C(=O)Nc2nc3c(C)ccc(Cl)c3s2)cc1. The molecule has 0 spiro atoms. The smallest absolute Gasteiger partial charge is 0.257 e. The van der Waals surface area contributed by atoms with Gasteiger partial charge in [0, 0.05) is 18.7 Å². The van der Waals surface area contributed by atoms with Gasteiger partial charge >= 0.3 is 0 Å². The number of hydrogen-bond acceptors (Lipinski definition) is 5. The largest absolute Gasteiger partial charge is 0.298 e. The number of nitrogens with zero attached hydrogens (tertiary/aromatic N) is 2. The lowest BCUT2D eigenvalue weighted by atomic mass is 10.2. The van der Waals surface area contributed by atoms with E-state index < -0.39 is 10.0 Å². The summed E-state index contributed by atoms with van der Waals surface area (Å²) in [7, 11) is -3.70. The lowest BCUT2D eigenvalue weighted by molar-refractivity contribution is 0.102. The van der Waals surface area contributed by atoms with E-state index in [-0.39, 0.29) is 17.3 Å². The predicted octanol–water partition coefficient (Wildman–Crippen LogP) is 5.72. The van der Waals surface area contributed by atoms with Gasteiger partial charge in [0.15, 0.2) is 5.13 Å². The molecule has 4 aromatic rings. The molecule has 6 nitrogen and oxygen atoms in total. The monoisotopic (exact) mass is 499 g/mol. The van der Waals surface area contributed by atoms with Gasteiger partial charge in [-0.15, -0.1) is 0 Å². The molecule has 0 aliphatic heterocycles. The fraction of sp³-hybridized carbons (Fsp3) is 0.167. The summed E-state index contributed by atoms with van der Waals surface area (Å²) in [5, 5.41) is 3.79. The number of aromatic nitrogens is 1. The Bertz CT molecular complexity index is 1360. The summed E-state index contributed by atoms with van der Waals surface area (Å²) in [5.41, 5.74) is 2.96. The minimum absolute atomic E-state index is 0.138. The fourth-order valence-electron chi connectivity index (χ4n) is 3.41. The lowest BCUT2D eigenvalue weighted by Gasteiger charge is -2.20. The first-order chi connectivity index (χ1) is 15.8. The summed E-state index contributed by atoms with van der Waals surface area (Å²) in [5.74, 6) is -0.372. The lowest BCUT2D eigenvalue weighted by Crippen LogP contribution is -2.30. The third-order valence-corrected chi connectivity index (χ3v) is 8.59. The van der Waals surface area contributed by atoms with Gasteiger partial charge in [-0.05, 0) is 48.4 Å². The standard InChI is InChI=1S/C24H22ClN3O3S2/c1-3-28(15-17-7-5-4-6-8-17)33(30,31)19-12-10-18(11-13-19)23(29)27-24-26-21-16(2)9-14-20(25)22(21)32-24/h4-14H,3,15H2,1-2H3,(H,26,27,29). The molecule has 0 aliphatic rings. The third-order valence-electron chi connectivity index (χ3n) is 5.23. The second-order valence-electron chi connectivity index (χ2n) is 7.46. The average molecular weight is 500 g/mol. The van der Waals surface area contributed by atoms with Crippen molar-refractivity contribution >= 4 is 54.2 Å². The van der Waals surface area contributed by atoms with Crippen LogP contribution in [0.5, 0.6) is 0 Å². The minimum Gasteiger partial charge on any atom is -0.298 e. The Morgan fingerprint density at radius 3 is 2.39 bits per heavy atom. The maximum Gasteiger partial charge on any atom is 0.257 e. The van der Waals surface area contributed by atoms with E-state index in [0.717, 1.165) is 21.3 Å². The molecule has 1 N–H and O–H groups in total. The molecule has 1 amide bonds. The molecule has 0 saturated heterocycles. The van der Waals surface area contributed by atoms with Crippen LogP contribution in [0.4, 0.5) is 5.13 Å². The van der Waals surface area contributed by atoms with Crippen LogP contribution in [0, 0.1) is 6.92 Å². The van der Waals surface area contributed by atoms with Crippen molar-refractivity contribution in [1.82, 2.24) is 9.29 Å². The van der Waals surface area contributed by atoms with E-state index in [2.05, 4.69) is 10.3 Å². The molecule has 0 unspecified atom stereocenters. The highest BCUT2D eigenvalue weighted by Gasteiger charge is 2.23. The molecule has 0 atom stereocenters. The van der Waals surface area contributed by atoms with E-state index in [1.807, 2.05) is 43.3 Å². The first kappa shape index (κ1) is 23.4. The van der Waals surface area contributed by atoms with Gasteiger partial charge in [0.25, 0.3) is 5.91 Å². The fourth-order valence-corrected chi connectivity index (χ4v) is 6.05. The van der Waals surface area contributed by atoms with Crippen molar-refractivity contribution in [2.75, 3.05) is 11.9 Å². The predicted molar refractivity (Wildman–Crippen MR) is 133 cm³/mol. The molecule has 4 rings (SSSR count). The van der Waals surface area contributed by atoms with Gasteiger partial charge in [-0.25, -0.2) is 13.4 Å². The topological polar surface area (TPSA) is 79.4 Å². The molecule has 3 aromatic carbocycles. The molecule has 0 bridgehead atoms. The Hall–Kier alpha value is -2.78. The maximum absolute atomic E-state index is 13.1. The van der Waals surface area contributed by atoms with Crippen molar-refractivity contribution in [3.8, 4) is 0 Å². The van der Waals surface area contributed by atoms with E-state index in [9.17, 15) is 13.2 Å². The highest BCUT2D eigenvalue weighted by atomic mass is 35.5. The Kier molecular flexibility index (Phi) is 6.81. The second-order valence-corrected chi connectivity index (χ2v) is 10.8. The zero-order valence-electron chi connectivity index (χ0n) is 18.1. The van der Waals surface area contributed by atoms with Crippen LogP contribution < -0.4 is 5.32 Å². The normalized spacial score (nSPS) is 11.8. The molecule has 0 aliphatic carbocycles. The number of carbonyl (C=O) groups is 1. The van der Waals surface area contributed by atoms with Crippen molar-refractivity contribution in [3.63, 3.8) is 0 Å². The highest BCUT2D eigenvalue weighted by Crippen LogP contribution is 2.34. The molecule has 0 saturated carbocycles. The van der Waals surface area contributed by atoms with Crippen LogP contribution in [0.3, 0.4) is 0 Å². The molecular weight excluding hydrogens is 478 g/mol. The molecule has 0 fully saturated rings. The molecule has 9 heteroatoms. The van der Waals surface area contributed by atoms with Crippen molar-refractivity contribution < 1.29 is 13.2 Å². The van der Waals surface area contributed by atoms with Gasteiger partial charge < -0.3 is 0 Å². The van der Waals surface area contributed by atoms with Crippen molar-refractivity contribution in [3.05, 3.63) is 88.4 Å². The first-order valence-electron chi connectivity index (χ1n) is 10.3. The Morgan fingerprint density at radius 1 is 1.06 bits per heavy atom. The van der Waals surface area contributed by atoms with Crippen LogP contribution in [0.1, 0.15) is 28.4 Å². The Morgan fingerprint density at radius 2 is 1.76 bits per heavy atom. The maximum atomic E-state index is 13.1. The van der Waals surface area contributed by atoms with E-state index in [0.29, 0.717) is 22.3 Å². The zero-order valence-corrected chi connectivity index (χ0v) is 20.5. The number of sulfonamides is 1. The van der Waals surface area contributed by atoms with Crippen LogP contribution in [0.25, 0.3) is 10.2 Å². The number of aryl methyl sites for hydroxylation is 1. The highest BCUT2D eigenvalue weighted by molar-refractivity contribution is 7.89. The second kappa shape index (κ2) is 9.61. The van der Waals surface area contributed by atoms with Gasteiger partial charge in [0.05, 0.1) is 20.1 Å². The average Bonchev–Trinajstić information content (AvgIpc) is 3.25. The quantitative estimate of drug-likeness (QED) is 0.352. The van der Waals surface area contributed by atoms with Crippen LogP contribution >= 0.6 is 22.9 Å². The summed E-state index contributed by atoms with van der Waals surface area (Å²) in [6, 6.07) is 19.0. The minimum atomic E-state index is -3.70. The van der Waals surface area contributed by atoms with Crippen molar-refractivity contribution in [2.45, 2.75) is 25.3 Å². The zero-order chi connectivity index (χ0) is 23.6. The summed E-state index contributed by atoms with van der Waals surface area (Å²) in [6.07, 6.45) is 0. The molecule has 33 heavy (non-hydrogen) atoms. The summed E-state index contributed by atoms with van der Waals surface area (Å²) >= 11 is 7.54. The molecule has 1 heterocycles. The van der Waals surface area contributed by atoms with Gasteiger partial charge in [-0.1, -0.05) is 66.3 Å². The molecule has 1 aromatic heterocycles. The van der Waals surface area contributed by atoms with E-state index in [1.165, 1.54) is 39.9 Å². The van der Waals surface area contributed by atoms with E-state index in [4.69, 9.17) is 11.6 Å². The van der Waals surface area contributed by atoms with Crippen molar-refractivity contribution in [2.24, 2.45) is 0 Å². The van der Waals surface area contributed by atoms with Crippen LogP contribution in [0.15, 0.2) is 71.6 Å². The number of anilines is 1. The summed E-state index contributed by atoms with van der Waals surface area (Å²) in [6.45, 7) is 4.34.